The van der Waals surface area contributed by atoms with Gasteiger partial charge in [-0.15, -0.1) is 0 Å². The van der Waals surface area contributed by atoms with Gasteiger partial charge in [-0.1, -0.05) is 5.16 Å². The van der Waals surface area contributed by atoms with E-state index in [9.17, 15) is 0 Å². The summed E-state index contributed by atoms with van der Waals surface area (Å²) in [6.45, 7) is 8.92. The zero-order valence-corrected chi connectivity index (χ0v) is 10.3. The molecule has 16 heavy (non-hydrogen) atoms. The average molecular weight is 225 g/mol. The Hall–Kier alpha value is -1.10. The molecule has 1 saturated heterocycles. The van der Waals surface area contributed by atoms with Crippen LogP contribution in [0.1, 0.15) is 46.4 Å². The summed E-state index contributed by atoms with van der Waals surface area (Å²) in [7, 11) is 0. The highest BCUT2D eigenvalue weighted by Gasteiger charge is 2.36. The minimum Gasteiger partial charge on any atom is -0.367 e. The SMILES string of the molecule is CC(C)(C)Nc1nc(C2(C)CCCO2)no1. The fraction of sp³-hybridized carbons (Fsp3) is 0.818. The molecule has 1 fully saturated rings. The molecule has 1 aliphatic rings. The third kappa shape index (κ3) is 2.35. The van der Waals surface area contributed by atoms with Crippen LogP contribution in [-0.4, -0.2) is 22.3 Å². The molecule has 0 aromatic carbocycles. The first-order valence-electron chi connectivity index (χ1n) is 5.65. The van der Waals surface area contributed by atoms with Crippen molar-refractivity contribution >= 4 is 6.01 Å². The van der Waals surface area contributed by atoms with Crippen LogP contribution in [0.2, 0.25) is 0 Å². The maximum absolute atomic E-state index is 5.66. The number of hydrogen-bond acceptors (Lipinski definition) is 5. The molecule has 0 saturated carbocycles. The molecule has 2 rings (SSSR count). The summed E-state index contributed by atoms with van der Waals surface area (Å²) < 4.78 is 10.8. The predicted molar refractivity (Wildman–Crippen MR) is 60.2 cm³/mol. The number of rotatable bonds is 2. The van der Waals surface area contributed by atoms with Crippen LogP contribution < -0.4 is 5.32 Å². The summed E-state index contributed by atoms with van der Waals surface area (Å²) in [5.41, 5.74) is -0.456. The van der Waals surface area contributed by atoms with E-state index in [0.29, 0.717) is 11.8 Å². The van der Waals surface area contributed by atoms with Crippen molar-refractivity contribution in [2.45, 2.75) is 51.7 Å². The highest BCUT2D eigenvalue weighted by molar-refractivity contribution is 5.24. The number of nitrogens with one attached hydrogen (secondary N) is 1. The third-order valence-corrected chi connectivity index (χ3v) is 2.60. The minimum absolute atomic E-state index is 0.0821. The first kappa shape index (κ1) is 11.4. The lowest BCUT2D eigenvalue weighted by Crippen LogP contribution is -2.26. The first-order chi connectivity index (χ1) is 7.39. The summed E-state index contributed by atoms with van der Waals surface area (Å²) in [5, 5.41) is 7.13. The number of aromatic nitrogens is 2. The molecule has 90 valence electrons. The first-order valence-corrected chi connectivity index (χ1v) is 5.65. The number of hydrogen-bond donors (Lipinski definition) is 1. The Morgan fingerprint density at radius 3 is 2.69 bits per heavy atom. The number of anilines is 1. The highest BCUT2D eigenvalue weighted by Crippen LogP contribution is 2.34. The molecule has 1 aromatic rings. The van der Waals surface area contributed by atoms with Gasteiger partial charge >= 0.3 is 6.01 Å². The fourth-order valence-electron chi connectivity index (χ4n) is 1.77. The van der Waals surface area contributed by atoms with Crippen LogP contribution in [0.4, 0.5) is 6.01 Å². The van der Waals surface area contributed by atoms with Crippen molar-refractivity contribution in [1.82, 2.24) is 10.1 Å². The smallest absolute Gasteiger partial charge is 0.321 e. The molecule has 1 aromatic heterocycles. The van der Waals surface area contributed by atoms with Crippen molar-refractivity contribution in [3.05, 3.63) is 5.82 Å². The number of ether oxygens (including phenoxy) is 1. The van der Waals surface area contributed by atoms with Crippen LogP contribution in [0.3, 0.4) is 0 Å². The largest absolute Gasteiger partial charge is 0.367 e. The summed E-state index contributed by atoms with van der Waals surface area (Å²) in [4.78, 5) is 4.34. The van der Waals surface area contributed by atoms with Gasteiger partial charge in [-0.25, -0.2) is 0 Å². The lowest BCUT2D eigenvalue weighted by atomic mass is 10.0. The minimum atomic E-state index is -0.374. The van der Waals surface area contributed by atoms with E-state index in [1.54, 1.807) is 0 Å². The maximum Gasteiger partial charge on any atom is 0.321 e. The molecule has 1 unspecified atom stereocenters. The Morgan fingerprint density at radius 1 is 1.38 bits per heavy atom. The van der Waals surface area contributed by atoms with Gasteiger partial charge in [0.15, 0.2) is 0 Å². The molecule has 0 aliphatic carbocycles. The molecule has 0 amide bonds. The molecule has 1 atom stereocenters. The average Bonchev–Trinajstić information content (AvgIpc) is 2.72. The zero-order chi connectivity index (χ0) is 11.8. The van der Waals surface area contributed by atoms with Crippen molar-refractivity contribution in [3.63, 3.8) is 0 Å². The molecule has 1 N–H and O–H groups in total. The lowest BCUT2D eigenvalue weighted by Gasteiger charge is -2.19. The van der Waals surface area contributed by atoms with Crippen LogP contribution in [0.15, 0.2) is 4.52 Å². The second kappa shape index (κ2) is 3.73. The van der Waals surface area contributed by atoms with E-state index in [0.717, 1.165) is 19.4 Å². The van der Waals surface area contributed by atoms with Gasteiger partial charge in [-0.2, -0.15) is 4.98 Å². The number of nitrogens with zero attached hydrogens (tertiary/aromatic N) is 2. The van der Waals surface area contributed by atoms with Gasteiger partial charge in [0, 0.05) is 12.1 Å². The highest BCUT2D eigenvalue weighted by atomic mass is 16.5. The van der Waals surface area contributed by atoms with Gasteiger partial charge in [-0.05, 0) is 40.5 Å². The van der Waals surface area contributed by atoms with Gasteiger partial charge in [0.25, 0.3) is 0 Å². The van der Waals surface area contributed by atoms with Crippen molar-refractivity contribution in [2.75, 3.05) is 11.9 Å². The van der Waals surface area contributed by atoms with Crippen molar-refractivity contribution in [1.29, 1.82) is 0 Å². The lowest BCUT2D eigenvalue weighted by molar-refractivity contribution is 0.00768. The van der Waals surface area contributed by atoms with E-state index in [1.807, 2.05) is 27.7 Å². The quantitative estimate of drug-likeness (QED) is 0.836. The molecular formula is C11H19N3O2. The van der Waals surface area contributed by atoms with Crippen molar-refractivity contribution in [2.24, 2.45) is 0 Å². The molecule has 0 bridgehead atoms. The Labute approximate surface area is 95.6 Å². The zero-order valence-electron chi connectivity index (χ0n) is 10.3. The van der Waals surface area contributed by atoms with E-state index >= 15 is 0 Å². The van der Waals surface area contributed by atoms with Crippen LogP contribution in [0.5, 0.6) is 0 Å². The molecule has 0 radical (unpaired) electrons. The van der Waals surface area contributed by atoms with Gasteiger partial charge in [0.1, 0.15) is 5.60 Å². The Kier molecular flexibility index (Phi) is 2.66. The monoisotopic (exact) mass is 225 g/mol. The summed E-state index contributed by atoms with van der Waals surface area (Å²) >= 11 is 0. The summed E-state index contributed by atoms with van der Waals surface area (Å²) in [5.74, 6) is 0.636. The standard InChI is InChI=1S/C11H19N3O2/c1-10(2,3)13-9-12-8(14-16-9)11(4)6-5-7-15-11/h5-7H2,1-4H3,(H,12,13,14). The van der Waals surface area contributed by atoms with E-state index in [2.05, 4.69) is 15.5 Å². The molecular weight excluding hydrogens is 206 g/mol. The van der Waals surface area contributed by atoms with Crippen LogP contribution in [-0.2, 0) is 10.3 Å². The van der Waals surface area contributed by atoms with Crippen LogP contribution in [0, 0.1) is 0 Å². The molecule has 5 heteroatoms. The van der Waals surface area contributed by atoms with Gasteiger partial charge < -0.3 is 14.6 Å². The summed E-state index contributed by atoms with van der Waals surface area (Å²) in [6, 6.07) is 0.458. The Bertz CT molecular complexity index is 362. The van der Waals surface area contributed by atoms with E-state index in [4.69, 9.17) is 9.26 Å². The summed E-state index contributed by atoms with van der Waals surface area (Å²) in [6.07, 6.45) is 1.99. The maximum atomic E-state index is 5.66. The Balaban J connectivity index is 2.13. The van der Waals surface area contributed by atoms with E-state index in [1.165, 1.54) is 0 Å². The van der Waals surface area contributed by atoms with Crippen molar-refractivity contribution in [3.8, 4) is 0 Å². The third-order valence-electron chi connectivity index (χ3n) is 2.60. The van der Waals surface area contributed by atoms with E-state index in [-0.39, 0.29) is 11.1 Å². The second-order valence-electron chi connectivity index (χ2n) is 5.48. The van der Waals surface area contributed by atoms with Gasteiger partial charge in [-0.3, -0.25) is 0 Å². The second-order valence-corrected chi connectivity index (χ2v) is 5.48. The normalized spacial score (nSPS) is 26.0. The molecule has 2 heterocycles. The Morgan fingerprint density at radius 2 is 2.12 bits per heavy atom. The van der Waals surface area contributed by atoms with Gasteiger partial charge in [0.05, 0.1) is 0 Å². The van der Waals surface area contributed by atoms with Crippen LogP contribution >= 0.6 is 0 Å². The fourth-order valence-corrected chi connectivity index (χ4v) is 1.77. The molecule has 0 spiro atoms. The predicted octanol–water partition coefficient (Wildman–Crippen LogP) is 2.31. The molecule has 5 nitrogen and oxygen atoms in total. The van der Waals surface area contributed by atoms with Crippen molar-refractivity contribution < 1.29 is 9.26 Å². The van der Waals surface area contributed by atoms with E-state index < -0.39 is 0 Å². The molecule has 1 aliphatic heterocycles. The topological polar surface area (TPSA) is 60.2 Å². The van der Waals surface area contributed by atoms with Crippen LogP contribution in [0.25, 0.3) is 0 Å². The van der Waals surface area contributed by atoms with Gasteiger partial charge in [0.2, 0.25) is 5.82 Å².